The number of fused-ring (bicyclic) bond motifs is 1. The standard InChI is InChI=1S/C22H22FN5O2/c1-12-11-30-22(26-12)16-9-19-17(10-25-16)27-21(13-5-2-3-6-14(13)23)28(19)18-8-4-7-15(24)20(18)29/h2-3,5-6,9-11,15,18,20,29H,4,7-8,24H2,1H3/t15-,18+,20+/m0/s1. The Bertz CT molecular complexity index is 1220. The second kappa shape index (κ2) is 7.30. The molecule has 1 aliphatic rings. The fourth-order valence-corrected chi connectivity index (χ4v) is 4.23. The molecule has 0 radical (unpaired) electrons. The molecule has 30 heavy (non-hydrogen) atoms. The van der Waals surface area contributed by atoms with E-state index in [1.165, 1.54) is 6.07 Å². The van der Waals surface area contributed by atoms with Gasteiger partial charge in [-0.15, -0.1) is 0 Å². The number of aryl methyl sites for hydroxylation is 1. The van der Waals surface area contributed by atoms with Crippen LogP contribution in [-0.2, 0) is 0 Å². The smallest absolute Gasteiger partial charge is 0.245 e. The Morgan fingerprint density at radius 2 is 2.07 bits per heavy atom. The van der Waals surface area contributed by atoms with Crippen LogP contribution in [0.15, 0.2) is 47.2 Å². The molecule has 1 saturated carbocycles. The molecular formula is C22H22FN5O2. The summed E-state index contributed by atoms with van der Waals surface area (Å²) in [4.78, 5) is 13.5. The van der Waals surface area contributed by atoms with Crippen LogP contribution in [0.3, 0.4) is 0 Å². The fourth-order valence-electron chi connectivity index (χ4n) is 4.23. The van der Waals surface area contributed by atoms with Crippen LogP contribution in [0.4, 0.5) is 4.39 Å². The average molecular weight is 407 g/mol. The number of halogens is 1. The van der Waals surface area contributed by atoms with E-state index in [1.807, 2.05) is 17.6 Å². The highest BCUT2D eigenvalue weighted by molar-refractivity contribution is 5.83. The number of hydrogen-bond donors (Lipinski definition) is 2. The molecule has 154 valence electrons. The van der Waals surface area contributed by atoms with Gasteiger partial charge in [-0.2, -0.15) is 0 Å². The predicted molar refractivity (Wildman–Crippen MR) is 110 cm³/mol. The first kappa shape index (κ1) is 18.9. The van der Waals surface area contributed by atoms with E-state index in [4.69, 9.17) is 10.2 Å². The van der Waals surface area contributed by atoms with E-state index in [9.17, 15) is 9.50 Å². The van der Waals surface area contributed by atoms with Crippen LogP contribution >= 0.6 is 0 Å². The van der Waals surface area contributed by atoms with Crippen LogP contribution in [-0.4, -0.2) is 36.8 Å². The number of hydrogen-bond acceptors (Lipinski definition) is 6. The summed E-state index contributed by atoms with van der Waals surface area (Å²) in [5.74, 6) is 0.472. The minimum Gasteiger partial charge on any atom is -0.443 e. The average Bonchev–Trinajstić information content (AvgIpc) is 3.33. The zero-order valence-electron chi connectivity index (χ0n) is 16.5. The second-order valence-corrected chi connectivity index (χ2v) is 7.79. The Balaban J connectivity index is 1.75. The van der Waals surface area contributed by atoms with Crippen LogP contribution in [0.1, 0.15) is 31.0 Å². The van der Waals surface area contributed by atoms with Gasteiger partial charge in [-0.25, -0.2) is 19.3 Å². The van der Waals surface area contributed by atoms with E-state index >= 15 is 0 Å². The SMILES string of the molecule is Cc1coc(-c2cc3c(cn2)nc(-c2ccccc2F)n3[C@@H]2CCC[C@H](N)[C@H]2O)n1. The van der Waals surface area contributed by atoms with Crippen molar-refractivity contribution in [2.24, 2.45) is 5.73 Å². The Labute approximate surface area is 172 Å². The van der Waals surface area contributed by atoms with Gasteiger partial charge in [0.15, 0.2) is 0 Å². The number of aliphatic hydroxyl groups excluding tert-OH is 1. The van der Waals surface area contributed by atoms with Crippen LogP contribution in [0.5, 0.6) is 0 Å². The lowest BCUT2D eigenvalue weighted by Crippen LogP contribution is -2.44. The van der Waals surface area contributed by atoms with Crippen LogP contribution < -0.4 is 5.73 Å². The molecule has 3 aromatic heterocycles. The second-order valence-electron chi connectivity index (χ2n) is 7.79. The Hall–Kier alpha value is -3.10. The maximum absolute atomic E-state index is 14.7. The van der Waals surface area contributed by atoms with Gasteiger partial charge in [-0.3, -0.25) is 0 Å². The van der Waals surface area contributed by atoms with Crippen molar-refractivity contribution in [2.75, 3.05) is 0 Å². The molecule has 4 aromatic rings. The Kier molecular flexibility index (Phi) is 4.60. The van der Waals surface area contributed by atoms with Crippen molar-refractivity contribution in [3.05, 3.63) is 54.3 Å². The van der Waals surface area contributed by atoms with Crippen molar-refractivity contribution < 1.29 is 13.9 Å². The normalized spacial score (nSPS) is 21.9. The fraction of sp³-hybridized carbons (Fsp3) is 0.318. The molecule has 0 saturated heterocycles. The van der Waals surface area contributed by atoms with Gasteiger partial charge in [-0.1, -0.05) is 12.1 Å². The third kappa shape index (κ3) is 3.09. The highest BCUT2D eigenvalue weighted by Gasteiger charge is 2.34. The summed E-state index contributed by atoms with van der Waals surface area (Å²) in [5.41, 5.74) is 9.17. The minimum atomic E-state index is -0.762. The molecule has 1 aromatic carbocycles. The maximum Gasteiger partial charge on any atom is 0.245 e. The zero-order chi connectivity index (χ0) is 20.8. The van der Waals surface area contributed by atoms with E-state index in [-0.39, 0.29) is 17.9 Å². The first-order valence-electron chi connectivity index (χ1n) is 10.0. The number of aliphatic hydroxyl groups is 1. The summed E-state index contributed by atoms with van der Waals surface area (Å²) in [5, 5.41) is 10.9. The van der Waals surface area contributed by atoms with Crippen LogP contribution in [0.25, 0.3) is 34.0 Å². The molecule has 0 spiro atoms. The molecule has 0 aliphatic heterocycles. The lowest BCUT2D eigenvalue weighted by atomic mass is 9.88. The number of nitrogens with two attached hydrogens (primary N) is 1. The van der Waals surface area contributed by atoms with E-state index in [0.717, 1.165) is 30.5 Å². The van der Waals surface area contributed by atoms with Crippen LogP contribution in [0, 0.1) is 12.7 Å². The molecule has 3 atom stereocenters. The first-order chi connectivity index (χ1) is 14.5. The van der Waals surface area contributed by atoms with Gasteiger partial charge >= 0.3 is 0 Å². The number of rotatable bonds is 3. The molecule has 3 heterocycles. The monoisotopic (exact) mass is 407 g/mol. The number of benzene rings is 1. The first-order valence-corrected chi connectivity index (χ1v) is 10.0. The number of aromatic nitrogens is 4. The summed E-state index contributed by atoms with van der Waals surface area (Å²) < 4.78 is 22.1. The minimum absolute atomic E-state index is 0.324. The van der Waals surface area contributed by atoms with Crippen molar-refractivity contribution >= 4 is 11.0 Å². The Morgan fingerprint density at radius 3 is 2.83 bits per heavy atom. The predicted octanol–water partition coefficient (Wildman–Crippen LogP) is 3.61. The number of nitrogens with zero attached hydrogens (tertiary/aromatic N) is 4. The molecule has 8 heteroatoms. The van der Waals surface area contributed by atoms with Crippen molar-refractivity contribution in [3.8, 4) is 23.0 Å². The molecule has 1 fully saturated rings. The van der Waals surface area contributed by atoms with Crippen molar-refractivity contribution in [1.82, 2.24) is 19.5 Å². The van der Waals surface area contributed by atoms with Gasteiger partial charge in [0, 0.05) is 6.04 Å². The highest BCUT2D eigenvalue weighted by Crippen LogP contribution is 2.37. The molecule has 1 aliphatic carbocycles. The Morgan fingerprint density at radius 1 is 1.23 bits per heavy atom. The lowest BCUT2D eigenvalue weighted by molar-refractivity contribution is 0.0594. The number of oxazole rings is 1. The third-order valence-electron chi connectivity index (χ3n) is 5.73. The van der Waals surface area contributed by atoms with Crippen molar-refractivity contribution in [1.29, 1.82) is 0 Å². The van der Waals surface area contributed by atoms with Gasteiger partial charge in [0.05, 0.1) is 35.1 Å². The molecule has 0 bridgehead atoms. The van der Waals surface area contributed by atoms with Crippen molar-refractivity contribution in [2.45, 2.75) is 44.4 Å². The van der Waals surface area contributed by atoms with E-state index in [1.54, 1.807) is 30.7 Å². The van der Waals surface area contributed by atoms with Gasteiger partial charge in [0.25, 0.3) is 0 Å². The molecular weight excluding hydrogens is 385 g/mol. The largest absolute Gasteiger partial charge is 0.443 e. The summed E-state index contributed by atoms with van der Waals surface area (Å²) >= 11 is 0. The third-order valence-corrected chi connectivity index (χ3v) is 5.73. The molecule has 0 amide bonds. The zero-order valence-corrected chi connectivity index (χ0v) is 16.5. The molecule has 3 N–H and O–H groups in total. The van der Waals surface area contributed by atoms with E-state index in [2.05, 4.69) is 15.0 Å². The van der Waals surface area contributed by atoms with Gasteiger partial charge in [-0.05, 0) is 44.4 Å². The summed E-state index contributed by atoms with van der Waals surface area (Å²) in [6.07, 6.45) is 4.77. The van der Waals surface area contributed by atoms with Gasteiger partial charge in [0.1, 0.15) is 29.1 Å². The number of pyridine rings is 1. The summed E-state index contributed by atoms with van der Waals surface area (Å²) in [6.45, 7) is 1.84. The molecule has 7 nitrogen and oxygen atoms in total. The number of imidazole rings is 1. The maximum atomic E-state index is 14.7. The van der Waals surface area contributed by atoms with Gasteiger partial charge in [0.2, 0.25) is 5.89 Å². The van der Waals surface area contributed by atoms with Gasteiger partial charge < -0.3 is 19.8 Å². The summed E-state index contributed by atoms with van der Waals surface area (Å²) in [7, 11) is 0. The molecule has 5 rings (SSSR count). The van der Waals surface area contributed by atoms with Crippen molar-refractivity contribution in [3.63, 3.8) is 0 Å². The van der Waals surface area contributed by atoms with E-state index < -0.39 is 6.10 Å². The topological polar surface area (TPSA) is 103 Å². The van der Waals surface area contributed by atoms with E-state index in [0.29, 0.717) is 28.5 Å². The van der Waals surface area contributed by atoms with Crippen LogP contribution in [0.2, 0.25) is 0 Å². The molecule has 0 unspecified atom stereocenters. The quantitative estimate of drug-likeness (QED) is 0.538. The summed E-state index contributed by atoms with van der Waals surface area (Å²) in [6, 6.07) is 7.66. The highest BCUT2D eigenvalue weighted by atomic mass is 19.1. The lowest BCUT2D eigenvalue weighted by Gasteiger charge is -2.34.